The Hall–Kier alpha value is -2.27. The number of hydrogen-bond acceptors (Lipinski definition) is 3. The van der Waals surface area contributed by atoms with Crippen LogP contribution in [0.2, 0.25) is 0 Å². The zero-order valence-corrected chi connectivity index (χ0v) is 14.1. The molecule has 2 aromatic rings. The maximum atomic E-state index is 13.1. The lowest BCUT2D eigenvalue weighted by atomic mass is 9.69. The quantitative estimate of drug-likeness (QED) is 0.718. The van der Waals surface area contributed by atoms with Crippen molar-refractivity contribution in [3.8, 4) is 0 Å². The molecule has 114 valence electrons. The number of aromatic amines is 1. The predicted molar refractivity (Wildman–Crippen MR) is 89.6 cm³/mol. The van der Waals surface area contributed by atoms with E-state index < -0.39 is 17.0 Å². The van der Waals surface area contributed by atoms with Gasteiger partial charge in [-0.3, -0.25) is 14.4 Å². The molecule has 0 aliphatic heterocycles. The SMILES string of the molecule is CC1(C)C=CC(=O)C2=C1C(=O)c1c([nH]c3ccc(Br)cc13)C2=O. The number of carbonyl (C=O) groups excluding carboxylic acids is 3. The third kappa shape index (κ3) is 1.80. The van der Waals surface area contributed by atoms with Crippen LogP contribution in [0.25, 0.3) is 10.9 Å². The molecule has 0 saturated carbocycles. The molecule has 0 saturated heterocycles. The zero-order chi connectivity index (χ0) is 16.5. The van der Waals surface area contributed by atoms with Crippen molar-refractivity contribution in [1.82, 2.24) is 4.98 Å². The lowest BCUT2D eigenvalue weighted by Gasteiger charge is -2.31. The van der Waals surface area contributed by atoms with Gasteiger partial charge >= 0.3 is 0 Å². The molecule has 1 aromatic carbocycles. The number of hydrogen-bond donors (Lipinski definition) is 1. The van der Waals surface area contributed by atoms with Gasteiger partial charge in [-0.1, -0.05) is 35.9 Å². The fourth-order valence-corrected chi connectivity index (χ4v) is 3.71. The van der Waals surface area contributed by atoms with E-state index in [1.807, 2.05) is 32.0 Å². The lowest BCUT2D eigenvalue weighted by Crippen LogP contribution is -2.34. The molecule has 0 spiro atoms. The van der Waals surface area contributed by atoms with Crippen LogP contribution in [-0.2, 0) is 4.79 Å². The number of carbonyl (C=O) groups is 3. The van der Waals surface area contributed by atoms with Crippen molar-refractivity contribution < 1.29 is 14.4 Å². The monoisotopic (exact) mass is 369 g/mol. The third-order valence-corrected chi connectivity index (χ3v) is 4.95. The minimum atomic E-state index is -0.650. The van der Waals surface area contributed by atoms with E-state index in [0.717, 1.165) is 4.47 Å². The summed E-state index contributed by atoms with van der Waals surface area (Å²) in [6.45, 7) is 3.68. The van der Waals surface area contributed by atoms with Gasteiger partial charge in [0, 0.05) is 26.4 Å². The molecule has 4 rings (SSSR count). The molecule has 2 aliphatic rings. The Morgan fingerprint density at radius 2 is 1.83 bits per heavy atom. The van der Waals surface area contributed by atoms with Gasteiger partial charge < -0.3 is 4.98 Å². The Morgan fingerprint density at radius 1 is 1.09 bits per heavy atom. The van der Waals surface area contributed by atoms with Gasteiger partial charge in [0.2, 0.25) is 5.78 Å². The normalized spacial score (nSPS) is 19.3. The van der Waals surface area contributed by atoms with Crippen molar-refractivity contribution in [3.05, 3.63) is 57.2 Å². The molecule has 0 amide bonds. The van der Waals surface area contributed by atoms with Gasteiger partial charge in [-0.2, -0.15) is 0 Å². The molecule has 0 atom stereocenters. The lowest BCUT2D eigenvalue weighted by molar-refractivity contribution is -0.111. The van der Waals surface area contributed by atoms with Crippen LogP contribution in [0.5, 0.6) is 0 Å². The van der Waals surface area contributed by atoms with Crippen LogP contribution in [0.4, 0.5) is 0 Å². The number of Topliss-reactive ketones (excluding diaryl/α,β-unsaturated/α-hetero) is 2. The second-order valence-electron chi connectivity index (χ2n) is 6.39. The Kier molecular flexibility index (Phi) is 2.73. The highest BCUT2D eigenvalue weighted by atomic mass is 79.9. The van der Waals surface area contributed by atoms with E-state index in [9.17, 15) is 14.4 Å². The number of ketones is 3. The van der Waals surface area contributed by atoms with Crippen molar-refractivity contribution >= 4 is 44.2 Å². The summed E-state index contributed by atoms with van der Waals surface area (Å²) in [6.07, 6.45) is 3.07. The van der Waals surface area contributed by atoms with E-state index in [-0.39, 0.29) is 17.1 Å². The summed E-state index contributed by atoms with van der Waals surface area (Å²) >= 11 is 3.39. The molecule has 0 bridgehead atoms. The first-order valence-electron chi connectivity index (χ1n) is 7.20. The molecular formula is C18H12BrNO3. The van der Waals surface area contributed by atoms with E-state index in [1.165, 1.54) is 6.08 Å². The van der Waals surface area contributed by atoms with E-state index >= 15 is 0 Å². The summed E-state index contributed by atoms with van der Waals surface area (Å²) < 4.78 is 0.825. The first-order chi connectivity index (χ1) is 10.8. The third-order valence-electron chi connectivity index (χ3n) is 4.46. The largest absolute Gasteiger partial charge is 0.351 e. The minimum absolute atomic E-state index is 0.000576. The molecule has 5 heteroatoms. The predicted octanol–water partition coefficient (Wildman–Crippen LogP) is 3.77. The fourth-order valence-electron chi connectivity index (χ4n) is 3.35. The van der Waals surface area contributed by atoms with Crippen molar-refractivity contribution in [2.45, 2.75) is 13.8 Å². The van der Waals surface area contributed by atoms with Gasteiger partial charge in [0.25, 0.3) is 0 Å². The van der Waals surface area contributed by atoms with Crippen LogP contribution < -0.4 is 0 Å². The zero-order valence-electron chi connectivity index (χ0n) is 12.5. The fraction of sp³-hybridized carbons (Fsp3) is 0.167. The van der Waals surface area contributed by atoms with Crippen LogP contribution in [0.1, 0.15) is 34.7 Å². The summed E-state index contributed by atoms with van der Waals surface area (Å²) in [7, 11) is 0. The van der Waals surface area contributed by atoms with Gasteiger partial charge in [0.1, 0.15) is 0 Å². The van der Waals surface area contributed by atoms with E-state index in [4.69, 9.17) is 0 Å². The first-order valence-corrected chi connectivity index (χ1v) is 7.99. The number of aromatic nitrogens is 1. The van der Waals surface area contributed by atoms with Gasteiger partial charge in [-0.05, 0) is 24.3 Å². The van der Waals surface area contributed by atoms with Gasteiger partial charge in [-0.25, -0.2) is 0 Å². The van der Waals surface area contributed by atoms with E-state index in [1.54, 1.807) is 6.08 Å². The molecule has 0 radical (unpaired) electrons. The Morgan fingerprint density at radius 3 is 2.57 bits per heavy atom. The average Bonchev–Trinajstić information content (AvgIpc) is 2.86. The van der Waals surface area contributed by atoms with Crippen LogP contribution in [-0.4, -0.2) is 22.3 Å². The number of nitrogens with one attached hydrogen (secondary N) is 1. The Bertz CT molecular complexity index is 1000. The number of H-pyrrole nitrogens is 1. The van der Waals surface area contributed by atoms with Crippen LogP contribution in [0, 0.1) is 5.41 Å². The molecule has 2 aliphatic carbocycles. The number of benzene rings is 1. The molecule has 0 unspecified atom stereocenters. The first kappa shape index (κ1) is 14.3. The highest BCUT2D eigenvalue weighted by Crippen LogP contribution is 2.43. The van der Waals surface area contributed by atoms with Crippen molar-refractivity contribution in [2.75, 3.05) is 0 Å². The van der Waals surface area contributed by atoms with Crippen LogP contribution in [0.3, 0.4) is 0 Å². The smallest absolute Gasteiger partial charge is 0.214 e. The second kappa shape index (κ2) is 4.38. The summed E-state index contributed by atoms with van der Waals surface area (Å²) in [5, 5.41) is 0.692. The maximum absolute atomic E-state index is 13.1. The summed E-state index contributed by atoms with van der Waals surface area (Å²) in [5.74, 6) is -1.05. The van der Waals surface area contributed by atoms with Crippen molar-refractivity contribution in [1.29, 1.82) is 0 Å². The summed E-state index contributed by atoms with van der Waals surface area (Å²) in [6, 6.07) is 5.46. The van der Waals surface area contributed by atoms with Gasteiger partial charge in [0.15, 0.2) is 11.6 Å². The van der Waals surface area contributed by atoms with Crippen LogP contribution >= 0.6 is 15.9 Å². The van der Waals surface area contributed by atoms with Crippen LogP contribution in [0.15, 0.2) is 46.0 Å². The molecular weight excluding hydrogens is 358 g/mol. The maximum Gasteiger partial charge on any atom is 0.214 e. The standard InChI is InChI=1S/C18H12BrNO3/c1-18(2)6-5-11(21)13-14(18)16(22)12-9-7-8(19)3-4-10(9)20-15(12)17(13)23/h3-7,20H,1-2H3. The highest BCUT2D eigenvalue weighted by molar-refractivity contribution is 9.10. The molecule has 1 N–H and O–H groups in total. The van der Waals surface area contributed by atoms with Crippen molar-refractivity contribution in [3.63, 3.8) is 0 Å². The minimum Gasteiger partial charge on any atom is -0.351 e. The van der Waals surface area contributed by atoms with Gasteiger partial charge in [-0.15, -0.1) is 0 Å². The average molecular weight is 370 g/mol. The van der Waals surface area contributed by atoms with Gasteiger partial charge in [0.05, 0.1) is 16.8 Å². The number of halogens is 1. The highest BCUT2D eigenvalue weighted by Gasteiger charge is 2.44. The number of allylic oxidation sites excluding steroid dienone is 4. The Balaban J connectivity index is 2.08. The van der Waals surface area contributed by atoms with E-state index in [0.29, 0.717) is 22.0 Å². The Labute approximate surface area is 140 Å². The van der Waals surface area contributed by atoms with E-state index in [2.05, 4.69) is 20.9 Å². The molecule has 1 heterocycles. The molecule has 1 aromatic heterocycles. The number of fused-ring (bicyclic) bond motifs is 3. The number of rotatable bonds is 0. The summed E-state index contributed by atoms with van der Waals surface area (Å²) in [4.78, 5) is 41.2. The molecule has 23 heavy (non-hydrogen) atoms. The second-order valence-corrected chi connectivity index (χ2v) is 7.31. The molecule has 4 nitrogen and oxygen atoms in total. The topological polar surface area (TPSA) is 67.0 Å². The summed E-state index contributed by atoms with van der Waals surface area (Å²) in [5.41, 5.74) is 0.924. The van der Waals surface area contributed by atoms with Crippen molar-refractivity contribution in [2.24, 2.45) is 5.41 Å². The molecule has 0 fully saturated rings.